The van der Waals surface area contributed by atoms with Crippen LogP contribution in [-0.2, 0) is 6.54 Å². The second-order valence-electron chi connectivity index (χ2n) is 7.78. The normalized spacial score (nSPS) is 23.1. The van der Waals surface area contributed by atoms with Crippen molar-refractivity contribution in [3.8, 4) is 0 Å². The van der Waals surface area contributed by atoms with Crippen molar-refractivity contribution in [2.75, 3.05) is 26.2 Å². The molecular weight excluding hydrogens is 365 g/mol. The van der Waals surface area contributed by atoms with Crippen molar-refractivity contribution in [2.45, 2.75) is 25.8 Å². The molecule has 6 heteroatoms. The number of carbonyl (C=O) groups excluding carboxylic acids is 1. The fourth-order valence-electron chi connectivity index (χ4n) is 4.45. The van der Waals surface area contributed by atoms with Gasteiger partial charge in [-0.15, -0.1) is 0 Å². The molecule has 2 fully saturated rings. The zero-order valence-electron chi connectivity index (χ0n) is 15.2. The second kappa shape index (κ2) is 7.56. The Morgan fingerprint density at radius 2 is 1.96 bits per heavy atom. The van der Waals surface area contributed by atoms with Crippen molar-refractivity contribution in [3.63, 3.8) is 0 Å². The highest BCUT2D eigenvalue weighted by atomic mass is 35.5. The first kappa shape index (κ1) is 18.4. The lowest BCUT2D eigenvalue weighted by Crippen LogP contribution is -2.45. The molecule has 0 N–H and O–H groups in total. The summed E-state index contributed by atoms with van der Waals surface area (Å²) in [4.78, 5) is 21.2. The van der Waals surface area contributed by atoms with Crippen molar-refractivity contribution in [1.82, 2.24) is 14.8 Å². The molecule has 0 radical (unpaired) electrons. The van der Waals surface area contributed by atoms with Crippen molar-refractivity contribution in [2.24, 2.45) is 5.41 Å². The predicted molar refractivity (Wildman–Crippen MR) is 103 cm³/mol. The van der Waals surface area contributed by atoms with Crippen molar-refractivity contribution < 1.29 is 9.18 Å². The fourth-order valence-corrected chi connectivity index (χ4v) is 4.63. The van der Waals surface area contributed by atoms with Crippen LogP contribution in [0.5, 0.6) is 0 Å². The summed E-state index contributed by atoms with van der Waals surface area (Å²) in [6.45, 7) is 4.42. The number of aromatic nitrogens is 1. The molecule has 1 aromatic heterocycles. The molecule has 4 nitrogen and oxygen atoms in total. The Balaban J connectivity index is 1.41. The Hall–Kier alpha value is -1.98. The second-order valence-corrected chi connectivity index (χ2v) is 8.17. The minimum Gasteiger partial charge on any atom is -0.338 e. The molecule has 0 aliphatic carbocycles. The third kappa shape index (κ3) is 4.14. The van der Waals surface area contributed by atoms with Crippen LogP contribution in [0.15, 0.2) is 42.6 Å². The predicted octanol–water partition coefficient (Wildman–Crippen LogP) is 4.00. The zero-order chi connectivity index (χ0) is 18.9. The average Bonchev–Trinajstić information content (AvgIpc) is 3.06. The summed E-state index contributed by atoms with van der Waals surface area (Å²) >= 11 is 5.93. The van der Waals surface area contributed by atoms with Crippen LogP contribution in [0.25, 0.3) is 0 Å². The molecule has 2 aromatic rings. The Morgan fingerprint density at radius 1 is 1.15 bits per heavy atom. The molecule has 1 atom stereocenters. The first-order valence-corrected chi connectivity index (χ1v) is 9.79. The standard InChI is InChI=1S/C21H23ClFN3O/c22-19-12-17(6-9-24-19)20(27)26-11-8-21(15-26)7-1-10-25(14-21)13-16-2-4-18(23)5-3-16/h2-6,9,12H,1,7-8,10-11,13-15H2/t21-/m1/s1. The maximum absolute atomic E-state index is 13.1. The maximum Gasteiger partial charge on any atom is 0.254 e. The summed E-state index contributed by atoms with van der Waals surface area (Å²) < 4.78 is 13.1. The molecule has 2 aliphatic heterocycles. The quantitative estimate of drug-likeness (QED) is 0.747. The van der Waals surface area contributed by atoms with Crippen molar-refractivity contribution >= 4 is 17.5 Å². The van der Waals surface area contributed by atoms with Crippen molar-refractivity contribution in [1.29, 1.82) is 0 Å². The van der Waals surface area contributed by atoms with E-state index in [2.05, 4.69) is 9.88 Å². The first-order chi connectivity index (χ1) is 13.0. The number of rotatable bonds is 3. The SMILES string of the molecule is O=C(c1ccnc(Cl)c1)N1CC[C@@]2(CCCN(Cc3ccc(F)cc3)C2)C1. The van der Waals surface area contributed by atoms with Gasteiger partial charge in [-0.2, -0.15) is 0 Å². The number of piperidine rings is 1. The number of benzene rings is 1. The number of pyridine rings is 1. The summed E-state index contributed by atoms with van der Waals surface area (Å²) in [5.41, 5.74) is 1.89. The summed E-state index contributed by atoms with van der Waals surface area (Å²) in [7, 11) is 0. The molecule has 27 heavy (non-hydrogen) atoms. The van der Waals surface area contributed by atoms with Gasteiger partial charge in [0, 0.05) is 43.4 Å². The highest BCUT2D eigenvalue weighted by molar-refractivity contribution is 6.29. The molecule has 3 heterocycles. The van der Waals surface area contributed by atoms with E-state index in [9.17, 15) is 9.18 Å². The van der Waals surface area contributed by atoms with Crippen LogP contribution in [0, 0.1) is 11.2 Å². The van der Waals surface area contributed by atoms with E-state index in [1.807, 2.05) is 17.0 Å². The number of halogens is 2. The van der Waals surface area contributed by atoms with Crippen LogP contribution >= 0.6 is 11.6 Å². The molecule has 1 spiro atoms. The Bertz CT molecular complexity index is 828. The van der Waals surface area contributed by atoms with E-state index >= 15 is 0 Å². The van der Waals surface area contributed by atoms with Gasteiger partial charge in [-0.05, 0) is 55.6 Å². The van der Waals surface area contributed by atoms with E-state index in [1.54, 1.807) is 18.3 Å². The molecule has 142 valence electrons. The van der Waals surface area contributed by atoms with Crippen LogP contribution in [0.4, 0.5) is 4.39 Å². The Kier molecular flexibility index (Phi) is 5.15. The number of amides is 1. The number of hydrogen-bond acceptors (Lipinski definition) is 3. The third-order valence-electron chi connectivity index (χ3n) is 5.76. The van der Waals surface area contributed by atoms with E-state index in [4.69, 9.17) is 11.6 Å². The van der Waals surface area contributed by atoms with Gasteiger partial charge in [0.2, 0.25) is 0 Å². The van der Waals surface area contributed by atoms with E-state index in [0.717, 1.165) is 57.5 Å². The molecule has 0 unspecified atom stereocenters. The van der Waals surface area contributed by atoms with E-state index < -0.39 is 0 Å². The van der Waals surface area contributed by atoms with Crippen LogP contribution < -0.4 is 0 Å². The molecule has 2 aliphatic rings. The van der Waals surface area contributed by atoms with Gasteiger partial charge in [0.25, 0.3) is 5.91 Å². The highest BCUT2D eigenvalue weighted by Crippen LogP contribution is 2.39. The molecule has 0 saturated carbocycles. The monoisotopic (exact) mass is 387 g/mol. The van der Waals surface area contributed by atoms with Gasteiger partial charge in [-0.25, -0.2) is 9.37 Å². The van der Waals surface area contributed by atoms with E-state index in [0.29, 0.717) is 10.7 Å². The van der Waals surface area contributed by atoms with E-state index in [-0.39, 0.29) is 17.1 Å². The third-order valence-corrected chi connectivity index (χ3v) is 5.97. The fraction of sp³-hybridized carbons (Fsp3) is 0.429. The van der Waals surface area contributed by atoms with Gasteiger partial charge in [0.15, 0.2) is 0 Å². The summed E-state index contributed by atoms with van der Waals surface area (Å²) in [6.07, 6.45) is 4.88. The topological polar surface area (TPSA) is 36.4 Å². The maximum atomic E-state index is 13.1. The minimum atomic E-state index is -0.199. The number of likely N-dealkylation sites (tertiary alicyclic amines) is 2. The molecule has 0 bridgehead atoms. The van der Waals surface area contributed by atoms with Gasteiger partial charge < -0.3 is 4.90 Å². The lowest BCUT2D eigenvalue weighted by atomic mass is 9.79. The van der Waals surface area contributed by atoms with Gasteiger partial charge in [0.1, 0.15) is 11.0 Å². The average molecular weight is 388 g/mol. The summed E-state index contributed by atoms with van der Waals surface area (Å²) in [5.74, 6) is -0.165. The van der Waals surface area contributed by atoms with Gasteiger partial charge in [0.05, 0.1) is 0 Å². The van der Waals surface area contributed by atoms with Crippen LogP contribution in [0.3, 0.4) is 0 Å². The van der Waals surface area contributed by atoms with E-state index in [1.165, 1.54) is 12.1 Å². The smallest absolute Gasteiger partial charge is 0.254 e. The summed E-state index contributed by atoms with van der Waals surface area (Å²) in [5, 5.41) is 0.345. The van der Waals surface area contributed by atoms with Gasteiger partial charge >= 0.3 is 0 Å². The molecular formula is C21H23ClFN3O. The lowest BCUT2D eigenvalue weighted by Gasteiger charge is -2.40. The minimum absolute atomic E-state index is 0.0341. The lowest BCUT2D eigenvalue weighted by molar-refractivity contribution is 0.0675. The number of nitrogens with zero attached hydrogens (tertiary/aromatic N) is 3. The van der Waals surface area contributed by atoms with Crippen LogP contribution in [-0.4, -0.2) is 46.9 Å². The zero-order valence-corrected chi connectivity index (χ0v) is 16.0. The van der Waals surface area contributed by atoms with Crippen LogP contribution in [0.2, 0.25) is 5.15 Å². The molecule has 1 amide bonds. The molecule has 4 rings (SSSR count). The largest absolute Gasteiger partial charge is 0.338 e. The molecule has 1 aromatic carbocycles. The highest BCUT2D eigenvalue weighted by Gasteiger charge is 2.42. The molecule has 2 saturated heterocycles. The Morgan fingerprint density at radius 3 is 2.74 bits per heavy atom. The van der Waals surface area contributed by atoms with Gasteiger partial charge in [-0.1, -0.05) is 23.7 Å². The van der Waals surface area contributed by atoms with Gasteiger partial charge in [-0.3, -0.25) is 9.69 Å². The number of carbonyl (C=O) groups is 1. The number of hydrogen-bond donors (Lipinski definition) is 0. The van der Waals surface area contributed by atoms with Crippen LogP contribution in [0.1, 0.15) is 35.2 Å². The van der Waals surface area contributed by atoms with Crippen molar-refractivity contribution in [3.05, 3.63) is 64.7 Å². The first-order valence-electron chi connectivity index (χ1n) is 9.41. The summed E-state index contributed by atoms with van der Waals surface area (Å²) in [6, 6.07) is 10.1. The Labute approximate surface area is 163 Å².